The summed E-state index contributed by atoms with van der Waals surface area (Å²) in [5, 5.41) is 21.5. The van der Waals surface area contributed by atoms with Crippen LogP contribution in [0.4, 0.5) is 0 Å². The Morgan fingerprint density at radius 1 is 0.935 bits per heavy atom. The molecule has 0 fully saturated rings. The molecule has 0 aliphatic heterocycles. The van der Waals surface area contributed by atoms with Crippen LogP contribution in [0.25, 0.3) is 0 Å². The third-order valence-corrected chi connectivity index (χ3v) is 7.41. The molecule has 0 radical (unpaired) electrons. The molecule has 13 nitrogen and oxygen atoms in total. The number of ether oxygens (including phenoxy) is 1. The number of halogens is 1. The van der Waals surface area contributed by atoms with E-state index in [-0.39, 0.29) is 30.7 Å². The normalized spacial score (nSPS) is 14.5. The monoisotopic (exact) mass is 704 g/mol. The van der Waals surface area contributed by atoms with E-state index in [4.69, 9.17) is 10.5 Å². The van der Waals surface area contributed by atoms with Gasteiger partial charge in [0, 0.05) is 10.7 Å². The molecule has 0 unspecified atom stereocenters. The van der Waals surface area contributed by atoms with Crippen molar-refractivity contribution in [3.63, 3.8) is 0 Å². The second kappa shape index (κ2) is 18.9. The fourth-order valence-corrected chi connectivity index (χ4v) is 4.86. The molecule has 2 rings (SSSR count). The molecular formula is C32H45BrN6O7. The van der Waals surface area contributed by atoms with Gasteiger partial charge in [0.15, 0.2) is 0 Å². The summed E-state index contributed by atoms with van der Waals surface area (Å²) in [7, 11) is 0. The highest BCUT2D eigenvalue weighted by Gasteiger charge is 2.31. The summed E-state index contributed by atoms with van der Waals surface area (Å²) in [4.78, 5) is 67.5. The van der Waals surface area contributed by atoms with Gasteiger partial charge in [0.05, 0.1) is 31.8 Å². The second-order valence-corrected chi connectivity index (χ2v) is 12.7. The van der Waals surface area contributed by atoms with Gasteiger partial charge in [-0.25, -0.2) is 0 Å². The van der Waals surface area contributed by atoms with Crippen LogP contribution in [0.5, 0.6) is 0 Å². The Bertz CT molecular complexity index is 1330. The molecule has 0 saturated carbocycles. The number of carbonyl (C=O) groups excluding carboxylic acids is 5. The number of aliphatic hydroxyl groups is 1. The van der Waals surface area contributed by atoms with E-state index >= 15 is 0 Å². The van der Waals surface area contributed by atoms with Crippen LogP contribution in [0.2, 0.25) is 0 Å². The van der Waals surface area contributed by atoms with Crippen LogP contribution in [0.3, 0.4) is 0 Å². The van der Waals surface area contributed by atoms with Gasteiger partial charge in [-0.2, -0.15) is 0 Å². The average molecular weight is 706 g/mol. The lowest BCUT2D eigenvalue weighted by Gasteiger charge is -2.28. The van der Waals surface area contributed by atoms with Crippen molar-refractivity contribution in [1.29, 1.82) is 0 Å². The number of aromatic nitrogens is 1. The first-order valence-electron chi connectivity index (χ1n) is 15.1. The third-order valence-electron chi connectivity index (χ3n) is 6.91. The van der Waals surface area contributed by atoms with E-state index in [1.54, 1.807) is 26.0 Å². The Balaban J connectivity index is 2.12. The highest BCUT2D eigenvalue weighted by Crippen LogP contribution is 2.13. The minimum Gasteiger partial charge on any atom is -0.390 e. The van der Waals surface area contributed by atoms with E-state index in [0.29, 0.717) is 6.42 Å². The topological polar surface area (TPSA) is 202 Å². The molecule has 0 spiro atoms. The first kappa shape index (κ1) is 38.3. The number of primary amides is 1. The quantitative estimate of drug-likeness (QED) is 0.134. The molecule has 0 bridgehead atoms. The van der Waals surface area contributed by atoms with Gasteiger partial charge in [0.2, 0.25) is 23.6 Å². The molecule has 1 aromatic carbocycles. The lowest BCUT2D eigenvalue weighted by Crippen LogP contribution is -2.56. The lowest BCUT2D eigenvalue weighted by atomic mass is 10.0. The molecule has 5 amide bonds. The van der Waals surface area contributed by atoms with E-state index in [1.807, 2.05) is 38.1 Å². The van der Waals surface area contributed by atoms with Gasteiger partial charge < -0.3 is 36.8 Å². The summed E-state index contributed by atoms with van der Waals surface area (Å²) >= 11 is 3.40. The van der Waals surface area contributed by atoms with Crippen molar-refractivity contribution in [2.45, 2.75) is 84.3 Å². The van der Waals surface area contributed by atoms with Crippen LogP contribution in [0.1, 0.15) is 63.5 Å². The molecule has 0 aliphatic carbocycles. The zero-order chi connectivity index (χ0) is 34.4. The van der Waals surface area contributed by atoms with Crippen molar-refractivity contribution < 1.29 is 33.8 Å². The number of rotatable bonds is 18. The number of pyridine rings is 1. The van der Waals surface area contributed by atoms with Crippen LogP contribution in [0, 0.1) is 11.8 Å². The Morgan fingerprint density at radius 3 is 2.24 bits per heavy atom. The molecule has 252 valence electrons. The standard InChI is InChI=1S/C32H45BrN6O7/c1-18(2)13-24(29(34)42)37-30(43)20(5)36-27(41)15-26(40)25(17-46-16-21-9-8-10-22(33)14-21)38-32(45)28(19(3)4)39-31(44)23-11-6-7-12-35-23/h6-12,14,18-20,24-26,28,40H,13,15-17H2,1-5H3,(H2,34,42)(H,36,41)(H,37,43)(H,38,45)(H,39,44)/t20-,24-,25-,26-,28-/m0/s1. The summed E-state index contributed by atoms with van der Waals surface area (Å²) in [5.41, 5.74) is 6.37. The zero-order valence-electron chi connectivity index (χ0n) is 26.8. The highest BCUT2D eigenvalue weighted by molar-refractivity contribution is 9.10. The fraction of sp³-hybridized carbons (Fsp3) is 0.500. The summed E-state index contributed by atoms with van der Waals surface area (Å²) in [6.45, 7) is 8.68. The molecule has 2 aromatic rings. The Labute approximate surface area is 277 Å². The summed E-state index contributed by atoms with van der Waals surface area (Å²) < 4.78 is 6.67. The largest absolute Gasteiger partial charge is 0.390 e. The van der Waals surface area contributed by atoms with Crippen molar-refractivity contribution in [2.24, 2.45) is 17.6 Å². The Kier molecular flexibility index (Phi) is 15.8. The van der Waals surface area contributed by atoms with E-state index in [1.165, 1.54) is 19.2 Å². The van der Waals surface area contributed by atoms with Crippen molar-refractivity contribution in [1.82, 2.24) is 26.3 Å². The van der Waals surface area contributed by atoms with Gasteiger partial charge in [-0.3, -0.25) is 29.0 Å². The predicted molar refractivity (Wildman–Crippen MR) is 175 cm³/mol. The first-order valence-corrected chi connectivity index (χ1v) is 15.9. The number of hydrogen-bond donors (Lipinski definition) is 6. The zero-order valence-corrected chi connectivity index (χ0v) is 28.4. The van der Waals surface area contributed by atoms with Gasteiger partial charge in [-0.15, -0.1) is 0 Å². The van der Waals surface area contributed by atoms with E-state index in [2.05, 4.69) is 42.2 Å². The van der Waals surface area contributed by atoms with E-state index in [0.717, 1.165) is 10.0 Å². The van der Waals surface area contributed by atoms with Gasteiger partial charge in [-0.05, 0) is 55.0 Å². The fourth-order valence-electron chi connectivity index (χ4n) is 4.41. The first-order chi connectivity index (χ1) is 21.7. The van der Waals surface area contributed by atoms with Crippen molar-refractivity contribution >= 4 is 45.5 Å². The summed E-state index contributed by atoms with van der Waals surface area (Å²) in [6.07, 6.45) is -0.117. The summed E-state index contributed by atoms with van der Waals surface area (Å²) in [6, 6.07) is 8.25. The second-order valence-electron chi connectivity index (χ2n) is 11.8. The summed E-state index contributed by atoms with van der Waals surface area (Å²) in [5.74, 6) is -3.36. The van der Waals surface area contributed by atoms with Crippen molar-refractivity contribution in [3.05, 3.63) is 64.4 Å². The van der Waals surface area contributed by atoms with Crippen LogP contribution < -0.4 is 27.0 Å². The molecule has 5 atom stereocenters. The number of nitrogens with two attached hydrogens (primary N) is 1. The SMILES string of the molecule is CC(C)C[C@H](NC(=O)[C@H](C)NC(=O)C[C@H](O)[C@H](COCc1cccc(Br)c1)NC(=O)[C@@H](NC(=O)c1ccccn1)C(C)C)C(N)=O. The van der Waals surface area contributed by atoms with Gasteiger partial charge in [-0.1, -0.05) is 61.8 Å². The smallest absolute Gasteiger partial charge is 0.270 e. The maximum Gasteiger partial charge on any atom is 0.270 e. The predicted octanol–water partition coefficient (Wildman–Crippen LogP) is 1.57. The molecule has 0 aliphatic rings. The number of amides is 5. The molecule has 0 saturated heterocycles. The molecule has 7 N–H and O–H groups in total. The third kappa shape index (κ3) is 13.2. The number of aliphatic hydroxyl groups excluding tert-OH is 1. The van der Waals surface area contributed by atoms with Gasteiger partial charge in [0.1, 0.15) is 23.8 Å². The van der Waals surface area contributed by atoms with E-state index in [9.17, 15) is 29.1 Å². The number of nitrogens with zero attached hydrogens (tertiary/aromatic N) is 1. The Hall–Kier alpha value is -3.88. The maximum atomic E-state index is 13.4. The number of nitrogens with one attached hydrogen (secondary N) is 4. The van der Waals surface area contributed by atoms with Crippen LogP contribution in [-0.4, -0.2) is 76.5 Å². The highest BCUT2D eigenvalue weighted by atomic mass is 79.9. The number of benzene rings is 1. The molecule has 1 heterocycles. The van der Waals surface area contributed by atoms with Gasteiger partial charge >= 0.3 is 0 Å². The van der Waals surface area contributed by atoms with Crippen LogP contribution in [0.15, 0.2) is 53.1 Å². The average Bonchev–Trinajstić information content (AvgIpc) is 2.98. The van der Waals surface area contributed by atoms with Crippen LogP contribution >= 0.6 is 15.9 Å². The Morgan fingerprint density at radius 2 is 1.65 bits per heavy atom. The minimum atomic E-state index is -1.43. The molecular weight excluding hydrogens is 660 g/mol. The van der Waals surface area contributed by atoms with E-state index < -0.39 is 66.2 Å². The van der Waals surface area contributed by atoms with Crippen molar-refractivity contribution in [3.8, 4) is 0 Å². The minimum absolute atomic E-state index is 0.0919. The van der Waals surface area contributed by atoms with Crippen LogP contribution in [-0.2, 0) is 30.5 Å². The molecule has 1 aromatic heterocycles. The van der Waals surface area contributed by atoms with Crippen molar-refractivity contribution in [2.75, 3.05) is 6.61 Å². The number of hydrogen-bond acceptors (Lipinski definition) is 8. The molecule has 46 heavy (non-hydrogen) atoms. The molecule has 14 heteroatoms. The number of carbonyl (C=O) groups is 5. The van der Waals surface area contributed by atoms with Gasteiger partial charge in [0.25, 0.3) is 5.91 Å². The maximum absolute atomic E-state index is 13.4. The lowest BCUT2D eigenvalue weighted by molar-refractivity contribution is -0.132.